The average Bonchev–Trinajstić information content (AvgIpc) is 3.37. The van der Waals surface area contributed by atoms with Crippen molar-refractivity contribution >= 4 is 22.7 Å². The number of rotatable bonds is 4. The molecule has 0 N–H and O–H groups in total. The van der Waals surface area contributed by atoms with Gasteiger partial charge in [-0.2, -0.15) is 18.3 Å². The fraction of sp³-hybridized carbons (Fsp3) is 0.429. The zero-order valence-corrected chi connectivity index (χ0v) is 17.4. The Balaban J connectivity index is 1.39. The highest BCUT2D eigenvalue weighted by Gasteiger charge is 2.43. The monoisotopic (exact) mass is 465 g/mol. The summed E-state index contributed by atoms with van der Waals surface area (Å²) in [6.45, 7) is 5.39. The zero-order chi connectivity index (χ0) is 23.3. The molecule has 2 aliphatic rings. The predicted octanol–water partition coefficient (Wildman–Crippen LogP) is 3.63. The number of piperidine rings is 1. The average molecular weight is 465 g/mol. The van der Waals surface area contributed by atoms with E-state index in [1.165, 1.54) is 18.3 Å². The molecule has 7 nitrogen and oxygen atoms in total. The minimum atomic E-state index is -4.55. The van der Waals surface area contributed by atoms with E-state index < -0.39 is 24.8 Å². The topological polar surface area (TPSA) is 63.0 Å². The zero-order valence-electron chi connectivity index (χ0n) is 17.4. The molecule has 2 fully saturated rings. The van der Waals surface area contributed by atoms with Gasteiger partial charge in [-0.05, 0) is 12.1 Å². The van der Waals surface area contributed by atoms with Crippen LogP contribution in [0.4, 0.5) is 33.5 Å². The van der Waals surface area contributed by atoms with Crippen molar-refractivity contribution in [3.63, 3.8) is 0 Å². The van der Waals surface area contributed by atoms with Gasteiger partial charge in [-0.25, -0.2) is 28.4 Å². The third-order valence-electron chi connectivity index (χ3n) is 6.18. The molecule has 3 aromatic rings. The molecule has 0 radical (unpaired) electrons. The second-order valence-corrected chi connectivity index (χ2v) is 8.33. The first kappa shape index (κ1) is 21.5. The molecule has 2 aliphatic heterocycles. The fourth-order valence-electron chi connectivity index (χ4n) is 4.73. The van der Waals surface area contributed by atoms with Crippen molar-refractivity contribution in [3.8, 4) is 0 Å². The van der Waals surface area contributed by atoms with Crippen molar-refractivity contribution in [1.29, 1.82) is 0 Å². The van der Waals surface area contributed by atoms with Crippen molar-refractivity contribution in [3.05, 3.63) is 48.6 Å². The molecule has 33 heavy (non-hydrogen) atoms. The van der Waals surface area contributed by atoms with E-state index in [1.807, 2.05) is 4.90 Å². The van der Waals surface area contributed by atoms with Gasteiger partial charge in [0.2, 0.25) is 0 Å². The maximum absolute atomic E-state index is 13.5. The molecular weight excluding hydrogens is 445 g/mol. The summed E-state index contributed by atoms with van der Waals surface area (Å²) in [6.07, 6.45) is -3.03. The van der Waals surface area contributed by atoms with Gasteiger partial charge in [0.15, 0.2) is 11.3 Å². The molecule has 0 unspecified atom stereocenters. The van der Waals surface area contributed by atoms with E-state index in [9.17, 15) is 22.0 Å². The van der Waals surface area contributed by atoms with E-state index in [1.54, 1.807) is 11.1 Å². The number of pyridine rings is 1. The van der Waals surface area contributed by atoms with Crippen LogP contribution >= 0.6 is 0 Å². The lowest BCUT2D eigenvalue weighted by Gasteiger charge is -2.38. The summed E-state index contributed by atoms with van der Waals surface area (Å²) in [5.74, 6) is 0.622. The highest BCUT2D eigenvalue weighted by molar-refractivity contribution is 5.71. The molecule has 0 spiro atoms. The molecule has 0 aromatic carbocycles. The normalized spacial score (nSPS) is 21.3. The fourth-order valence-corrected chi connectivity index (χ4v) is 4.73. The van der Waals surface area contributed by atoms with Crippen molar-refractivity contribution in [2.75, 3.05) is 36.0 Å². The van der Waals surface area contributed by atoms with Gasteiger partial charge in [-0.1, -0.05) is 12.2 Å². The van der Waals surface area contributed by atoms with Crippen molar-refractivity contribution in [2.45, 2.75) is 19.1 Å². The van der Waals surface area contributed by atoms with Gasteiger partial charge in [0.1, 0.15) is 17.9 Å². The van der Waals surface area contributed by atoms with Gasteiger partial charge < -0.3 is 9.80 Å². The number of alkyl halides is 5. The summed E-state index contributed by atoms with van der Waals surface area (Å²) in [4.78, 5) is 16.0. The Morgan fingerprint density at radius 3 is 2.64 bits per heavy atom. The Bertz CT molecular complexity index is 1190. The molecule has 5 rings (SSSR count). The Kier molecular flexibility index (Phi) is 5.17. The van der Waals surface area contributed by atoms with Crippen molar-refractivity contribution in [1.82, 2.24) is 24.7 Å². The molecule has 0 saturated carbocycles. The highest BCUT2D eigenvalue weighted by atomic mass is 19.4. The maximum atomic E-state index is 13.5. The molecule has 0 amide bonds. The first-order valence-corrected chi connectivity index (χ1v) is 10.4. The molecular formula is C21H20F5N7. The molecule has 5 heterocycles. The molecule has 2 saturated heterocycles. The standard InChI is InChI=1S/C21H20F5N7/c1-12-7-31(16-3-2-4-27-19(16)21(24,25)26)8-13-9-32(10-14(12)13)18-6-28-15-5-29-33(11-17(22)23)20(15)30-18/h2-6,13-14,17H,1,7-11H2/t13-,14-/m1/s1. The Labute approximate surface area is 185 Å². The van der Waals surface area contributed by atoms with Crippen LogP contribution < -0.4 is 9.80 Å². The molecule has 2 atom stereocenters. The van der Waals surface area contributed by atoms with Gasteiger partial charge in [0.05, 0.1) is 18.1 Å². The molecule has 3 aromatic heterocycles. The number of halogens is 5. The van der Waals surface area contributed by atoms with E-state index in [4.69, 9.17) is 0 Å². The van der Waals surface area contributed by atoms with E-state index in [0.29, 0.717) is 37.5 Å². The van der Waals surface area contributed by atoms with Crippen LogP contribution in [-0.4, -0.2) is 57.3 Å². The summed E-state index contributed by atoms with van der Waals surface area (Å²) in [7, 11) is 0. The van der Waals surface area contributed by atoms with Gasteiger partial charge >= 0.3 is 6.18 Å². The summed E-state index contributed by atoms with van der Waals surface area (Å²) >= 11 is 0. The van der Waals surface area contributed by atoms with E-state index in [-0.39, 0.29) is 23.2 Å². The quantitative estimate of drug-likeness (QED) is 0.433. The van der Waals surface area contributed by atoms with Crippen LogP contribution in [0, 0.1) is 11.8 Å². The van der Waals surface area contributed by atoms with Crippen LogP contribution in [0.1, 0.15) is 5.69 Å². The molecule has 0 bridgehead atoms. The van der Waals surface area contributed by atoms with Gasteiger partial charge in [0, 0.05) is 44.2 Å². The van der Waals surface area contributed by atoms with Gasteiger partial charge in [0.25, 0.3) is 6.43 Å². The van der Waals surface area contributed by atoms with Gasteiger partial charge in [-0.15, -0.1) is 0 Å². The second-order valence-electron chi connectivity index (χ2n) is 8.33. The van der Waals surface area contributed by atoms with Crippen LogP contribution in [-0.2, 0) is 12.7 Å². The maximum Gasteiger partial charge on any atom is 0.435 e. The first-order chi connectivity index (χ1) is 15.7. The van der Waals surface area contributed by atoms with Crippen molar-refractivity contribution in [2.24, 2.45) is 11.8 Å². The molecule has 0 aliphatic carbocycles. The first-order valence-electron chi connectivity index (χ1n) is 10.4. The minimum Gasteiger partial charge on any atom is -0.365 e. The third-order valence-corrected chi connectivity index (χ3v) is 6.18. The van der Waals surface area contributed by atoms with E-state index in [2.05, 4.69) is 26.6 Å². The molecule has 12 heteroatoms. The van der Waals surface area contributed by atoms with Gasteiger partial charge in [-0.3, -0.25) is 0 Å². The SMILES string of the molecule is C=C1CN(c2cccnc2C(F)(F)F)C[C@@H]2CN(c3cnc4cnn(CC(F)F)c4n3)C[C@H]12. The minimum absolute atomic E-state index is 0.0241. The van der Waals surface area contributed by atoms with E-state index in [0.717, 1.165) is 16.5 Å². The Morgan fingerprint density at radius 1 is 1.09 bits per heavy atom. The Hall–Kier alpha value is -3.31. The Morgan fingerprint density at radius 2 is 1.88 bits per heavy atom. The van der Waals surface area contributed by atoms with Crippen LogP contribution in [0.25, 0.3) is 11.2 Å². The summed E-state index contributed by atoms with van der Waals surface area (Å²) in [5, 5.41) is 3.93. The third kappa shape index (κ3) is 3.98. The number of hydrogen-bond acceptors (Lipinski definition) is 6. The predicted molar refractivity (Wildman–Crippen MR) is 111 cm³/mol. The number of nitrogens with zero attached hydrogens (tertiary/aromatic N) is 7. The smallest absolute Gasteiger partial charge is 0.365 e. The lowest BCUT2D eigenvalue weighted by atomic mass is 9.85. The number of fused-ring (bicyclic) bond motifs is 2. The van der Waals surface area contributed by atoms with Crippen molar-refractivity contribution < 1.29 is 22.0 Å². The lowest BCUT2D eigenvalue weighted by Crippen LogP contribution is -2.42. The van der Waals surface area contributed by atoms with E-state index >= 15 is 0 Å². The summed E-state index contributed by atoms with van der Waals surface area (Å²) in [5.41, 5.74) is 0.661. The largest absolute Gasteiger partial charge is 0.435 e. The highest BCUT2D eigenvalue weighted by Crippen LogP contribution is 2.41. The lowest BCUT2D eigenvalue weighted by molar-refractivity contribution is -0.140. The second kappa shape index (κ2) is 7.92. The number of anilines is 2. The molecule has 174 valence electrons. The summed E-state index contributed by atoms with van der Waals surface area (Å²) in [6, 6.07) is 2.92. The number of hydrogen-bond donors (Lipinski definition) is 0. The van der Waals surface area contributed by atoms with Crippen LogP contribution in [0.2, 0.25) is 0 Å². The van der Waals surface area contributed by atoms with Crippen LogP contribution in [0.15, 0.2) is 42.9 Å². The number of aromatic nitrogens is 5. The van der Waals surface area contributed by atoms with Crippen LogP contribution in [0.3, 0.4) is 0 Å². The summed E-state index contributed by atoms with van der Waals surface area (Å²) < 4.78 is 67.2. The van der Waals surface area contributed by atoms with Crippen LogP contribution in [0.5, 0.6) is 0 Å².